The number of benzene rings is 1. The Hall–Kier alpha value is -1.59. The average molecular weight is 277 g/mol. The van der Waals surface area contributed by atoms with Crippen molar-refractivity contribution in [3.05, 3.63) is 29.8 Å². The Balaban J connectivity index is 1.83. The number of hydrogen-bond donors (Lipinski definition) is 2. The predicted molar refractivity (Wildman–Crippen MR) is 78.2 cm³/mol. The van der Waals surface area contributed by atoms with Crippen LogP contribution in [0.15, 0.2) is 24.3 Å². The van der Waals surface area contributed by atoms with Crippen molar-refractivity contribution in [1.29, 1.82) is 0 Å². The van der Waals surface area contributed by atoms with Gasteiger partial charge in [-0.15, -0.1) is 0 Å². The Kier molecular flexibility index (Phi) is 4.98. The van der Waals surface area contributed by atoms with Crippen molar-refractivity contribution < 1.29 is 9.53 Å². The predicted octanol–water partition coefficient (Wildman–Crippen LogP) is 0.720. The van der Waals surface area contributed by atoms with E-state index >= 15 is 0 Å². The van der Waals surface area contributed by atoms with Crippen molar-refractivity contribution in [2.45, 2.75) is 25.9 Å². The second-order valence-electron chi connectivity index (χ2n) is 5.54. The van der Waals surface area contributed by atoms with E-state index in [0.717, 1.165) is 19.6 Å². The third-order valence-electron chi connectivity index (χ3n) is 3.76. The summed E-state index contributed by atoms with van der Waals surface area (Å²) >= 11 is 0. The average Bonchev–Trinajstić information content (AvgIpc) is 2.86. The molecule has 2 unspecified atom stereocenters. The first-order chi connectivity index (χ1) is 9.54. The first kappa shape index (κ1) is 14.8. The van der Waals surface area contributed by atoms with E-state index in [9.17, 15) is 4.79 Å². The van der Waals surface area contributed by atoms with Gasteiger partial charge in [-0.3, -0.25) is 9.69 Å². The van der Waals surface area contributed by atoms with Crippen LogP contribution in [-0.2, 0) is 11.3 Å². The zero-order valence-corrected chi connectivity index (χ0v) is 11.9. The lowest BCUT2D eigenvalue weighted by molar-refractivity contribution is -0.119. The first-order valence-corrected chi connectivity index (χ1v) is 7.02. The van der Waals surface area contributed by atoms with E-state index in [1.165, 1.54) is 12.0 Å². The van der Waals surface area contributed by atoms with Gasteiger partial charge in [0.2, 0.25) is 0 Å². The number of nitrogens with two attached hydrogens (primary N) is 2. The third-order valence-corrected chi connectivity index (χ3v) is 3.76. The minimum absolute atomic E-state index is 0.0818. The van der Waals surface area contributed by atoms with E-state index in [2.05, 4.69) is 11.8 Å². The zero-order valence-electron chi connectivity index (χ0n) is 11.9. The maximum atomic E-state index is 10.6. The standard InChI is InChI=1S/C15H23N3O2/c1-11(16)13-6-7-18(9-13)8-12-2-4-14(5-3-12)20-10-15(17)19/h2-5,11,13H,6-10,16H2,1H3,(H2,17,19). The molecule has 1 amide bonds. The number of hydrogen-bond acceptors (Lipinski definition) is 4. The molecular formula is C15H23N3O2. The van der Waals surface area contributed by atoms with E-state index in [1.54, 1.807) is 0 Å². The minimum atomic E-state index is -0.465. The van der Waals surface area contributed by atoms with Crippen LogP contribution >= 0.6 is 0 Å². The fraction of sp³-hybridized carbons (Fsp3) is 0.533. The van der Waals surface area contributed by atoms with Crippen LogP contribution in [-0.4, -0.2) is 36.5 Å². The Bertz CT molecular complexity index is 445. The molecule has 4 N–H and O–H groups in total. The van der Waals surface area contributed by atoms with Gasteiger partial charge >= 0.3 is 0 Å². The topological polar surface area (TPSA) is 81.6 Å². The van der Waals surface area contributed by atoms with Gasteiger partial charge in [-0.1, -0.05) is 12.1 Å². The zero-order chi connectivity index (χ0) is 14.5. The van der Waals surface area contributed by atoms with E-state index in [1.807, 2.05) is 24.3 Å². The molecule has 1 saturated heterocycles. The Labute approximate surface area is 119 Å². The van der Waals surface area contributed by atoms with E-state index in [-0.39, 0.29) is 12.6 Å². The molecule has 0 aromatic heterocycles. The largest absolute Gasteiger partial charge is 0.484 e. The summed E-state index contributed by atoms with van der Waals surface area (Å²) in [5, 5.41) is 0. The van der Waals surface area contributed by atoms with Crippen LogP contribution in [0.5, 0.6) is 5.75 Å². The van der Waals surface area contributed by atoms with Gasteiger partial charge in [0.25, 0.3) is 5.91 Å². The van der Waals surface area contributed by atoms with Gasteiger partial charge in [-0.25, -0.2) is 0 Å². The van der Waals surface area contributed by atoms with Crippen LogP contribution in [0.2, 0.25) is 0 Å². The smallest absolute Gasteiger partial charge is 0.255 e. The molecule has 1 aliphatic rings. The highest BCUT2D eigenvalue weighted by atomic mass is 16.5. The molecule has 2 rings (SSSR count). The van der Waals surface area contributed by atoms with Gasteiger partial charge in [0.15, 0.2) is 6.61 Å². The SMILES string of the molecule is CC(N)C1CCN(Cc2ccc(OCC(N)=O)cc2)C1. The Morgan fingerprint density at radius 1 is 1.45 bits per heavy atom. The van der Waals surface area contributed by atoms with E-state index < -0.39 is 5.91 Å². The molecular weight excluding hydrogens is 254 g/mol. The molecule has 0 spiro atoms. The monoisotopic (exact) mass is 277 g/mol. The highest BCUT2D eigenvalue weighted by Crippen LogP contribution is 2.21. The van der Waals surface area contributed by atoms with Crippen molar-refractivity contribution in [3.63, 3.8) is 0 Å². The fourth-order valence-electron chi connectivity index (χ4n) is 2.54. The van der Waals surface area contributed by atoms with Crippen LogP contribution in [0.4, 0.5) is 0 Å². The van der Waals surface area contributed by atoms with Crippen LogP contribution in [0.1, 0.15) is 18.9 Å². The second-order valence-corrected chi connectivity index (χ2v) is 5.54. The molecule has 5 nitrogen and oxygen atoms in total. The molecule has 0 saturated carbocycles. The second kappa shape index (κ2) is 6.72. The molecule has 0 radical (unpaired) electrons. The molecule has 110 valence electrons. The number of nitrogens with zero attached hydrogens (tertiary/aromatic N) is 1. The van der Waals surface area contributed by atoms with Gasteiger partial charge < -0.3 is 16.2 Å². The normalized spacial score (nSPS) is 20.8. The molecule has 0 aliphatic carbocycles. The molecule has 1 fully saturated rings. The lowest BCUT2D eigenvalue weighted by Gasteiger charge is -2.18. The number of rotatable bonds is 6. The van der Waals surface area contributed by atoms with Gasteiger partial charge in [-0.2, -0.15) is 0 Å². The highest BCUT2D eigenvalue weighted by molar-refractivity contribution is 5.75. The number of carbonyl (C=O) groups excluding carboxylic acids is 1. The van der Waals surface area contributed by atoms with Crippen LogP contribution in [0.25, 0.3) is 0 Å². The third kappa shape index (κ3) is 4.21. The Morgan fingerprint density at radius 2 is 2.15 bits per heavy atom. The van der Waals surface area contributed by atoms with Gasteiger partial charge in [0, 0.05) is 19.1 Å². The number of likely N-dealkylation sites (tertiary alicyclic amines) is 1. The summed E-state index contributed by atoms with van der Waals surface area (Å²) in [7, 11) is 0. The van der Waals surface area contributed by atoms with Crippen molar-refractivity contribution in [1.82, 2.24) is 4.90 Å². The molecule has 0 bridgehead atoms. The minimum Gasteiger partial charge on any atom is -0.484 e. The first-order valence-electron chi connectivity index (χ1n) is 7.02. The summed E-state index contributed by atoms with van der Waals surface area (Å²) in [6, 6.07) is 8.06. The van der Waals surface area contributed by atoms with Crippen LogP contribution < -0.4 is 16.2 Å². The van der Waals surface area contributed by atoms with Crippen molar-refractivity contribution in [2.75, 3.05) is 19.7 Å². The number of primary amides is 1. The molecule has 1 aromatic carbocycles. The fourth-order valence-corrected chi connectivity index (χ4v) is 2.54. The Morgan fingerprint density at radius 3 is 2.70 bits per heavy atom. The van der Waals surface area contributed by atoms with E-state index in [4.69, 9.17) is 16.2 Å². The summed E-state index contributed by atoms with van der Waals surface area (Å²) in [4.78, 5) is 13.1. The lowest BCUT2D eigenvalue weighted by Crippen LogP contribution is -2.29. The molecule has 5 heteroatoms. The van der Waals surface area contributed by atoms with Crippen molar-refractivity contribution in [3.8, 4) is 5.75 Å². The van der Waals surface area contributed by atoms with Crippen molar-refractivity contribution in [2.24, 2.45) is 17.4 Å². The molecule has 1 aliphatic heterocycles. The van der Waals surface area contributed by atoms with Crippen LogP contribution in [0.3, 0.4) is 0 Å². The maximum Gasteiger partial charge on any atom is 0.255 e. The van der Waals surface area contributed by atoms with Gasteiger partial charge in [-0.05, 0) is 43.5 Å². The summed E-state index contributed by atoms with van der Waals surface area (Å²) in [6.07, 6.45) is 1.18. The summed E-state index contributed by atoms with van der Waals surface area (Å²) in [5.41, 5.74) is 12.2. The summed E-state index contributed by atoms with van der Waals surface area (Å²) < 4.78 is 5.24. The number of amides is 1. The van der Waals surface area contributed by atoms with Gasteiger partial charge in [0.1, 0.15) is 5.75 Å². The summed E-state index contributed by atoms with van der Waals surface area (Å²) in [5.74, 6) is 0.809. The number of carbonyl (C=O) groups is 1. The highest BCUT2D eigenvalue weighted by Gasteiger charge is 2.24. The van der Waals surface area contributed by atoms with Crippen molar-refractivity contribution >= 4 is 5.91 Å². The molecule has 1 heterocycles. The molecule has 1 aromatic rings. The summed E-state index contributed by atoms with van der Waals surface area (Å²) in [6.45, 7) is 5.10. The van der Waals surface area contributed by atoms with Crippen LogP contribution in [0, 0.1) is 5.92 Å². The van der Waals surface area contributed by atoms with Gasteiger partial charge in [0.05, 0.1) is 0 Å². The molecule has 2 atom stereocenters. The number of ether oxygens (including phenoxy) is 1. The van der Waals surface area contributed by atoms with E-state index in [0.29, 0.717) is 11.7 Å². The quantitative estimate of drug-likeness (QED) is 0.803. The molecule has 20 heavy (non-hydrogen) atoms. The lowest BCUT2D eigenvalue weighted by atomic mass is 10.0. The maximum absolute atomic E-state index is 10.6.